The normalized spacial score (nSPS) is 12.1. The van der Waals surface area contributed by atoms with Gasteiger partial charge in [0, 0.05) is 31.7 Å². The molecule has 0 aliphatic carbocycles. The third-order valence-corrected chi connectivity index (χ3v) is 2.15. The lowest BCUT2D eigenvalue weighted by Crippen LogP contribution is -2.42. The smallest absolute Gasteiger partial charge is 0.236 e. The molecule has 0 aliphatic heterocycles. The minimum Gasteiger partial charge on any atom is -0.355 e. The van der Waals surface area contributed by atoms with Crippen molar-refractivity contribution in [3.05, 3.63) is 24.3 Å². The van der Waals surface area contributed by atoms with Gasteiger partial charge in [-0.25, -0.2) is 0 Å². The molecule has 0 radical (unpaired) electrons. The van der Waals surface area contributed by atoms with Gasteiger partial charge in [0.1, 0.15) is 0 Å². The number of carbonyl (C=O) groups excluding carboxylic acids is 1. The second kappa shape index (κ2) is 6.90. The second-order valence-electron chi connectivity index (χ2n) is 3.59. The molecule has 5 nitrogen and oxygen atoms in total. The molecule has 2 N–H and O–H groups in total. The molecule has 1 aromatic rings. The van der Waals surface area contributed by atoms with Crippen molar-refractivity contribution >= 4 is 5.91 Å². The number of hydrogen-bond donors (Lipinski definition) is 2. The fraction of sp³-hybridized carbons (Fsp3) is 0.545. The molecule has 88 valence electrons. The molecule has 16 heavy (non-hydrogen) atoms. The van der Waals surface area contributed by atoms with Crippen molar-refractivity contribution in [1.82, 2.24) is 20.6 Å². The zero-order valence-electron chi connectivity index (χ0n) is 9.73. The van der Waals surface area contributed by atoms with Crippen LogP contribution in [0.25, 0.3) is 0 Å². The molecule has 0 fully saturated rings. The molecule has 0 spiro atoms. The summed E-state index contributed by atoms with van der Waals surface area (Å²) in [7, 11) is 0. The summed E-state index contributed by atoms with van der Waals surface area (Å²) in [5.41, 5.74) is 0.831. The number of amides is 1. The molecule has 1 aromatic heterocycles. The Bertz CT molecular complexity index is 315. The van der Waals surface area contributed by atoms with Crippen molar-refractivity contribution in [2.24, 2.45) is 0 Å². The first-order valence-electron chi connectivity index (χ1n) is 5.50. The van der Waals surface area contributed by atoms with Crippen LogP contribution in [0.2, 0.25) is 0 Å². The highest BCUT2D eigenvalue weighted by Gasteiger charge is 2.10. The van der Waals surface area contributed by atoms with Crippen molar-refractivity contribution in [2.45, 2.75) is 32.9 Å². The lowest BCUT2D eigenvalue weighted by atomic mass is 10.3. The van der Waals surface area contributed by atoms with E-state index in [0.29, 0.717) is 6.54 Å². The van der Waals surface area contributed by atoms with E-state index in [2.05, 4.69) is 20.6 Å². The van der Waals surface area contributed by atoms with E-state index in [0.717, 1.165) is 18.7 Å². The summed E-state index contributed by atoms with van der Waals surface area (Å²) in [4.78, 5) is 19.6. The van der Waals surface area contributed by atoms with Gasteiger partial charge in [-0.2, -0.15) is 0 Å². The fourth-order valence-electron chi connectivity index (χ4n) is 1.17. The van der Waals surface area contributed by atoms with Gasteiger partial charge in [-0.1, -0.05) is 6.92 Å². The van der Waals surface area contributed by atoms with Crippen molar-refractivity contribution in [2.75, 3.05) is 6.54 Å². The summed E-state index contributed by atoms with van der Waals surface area (Å²) in [6, 6.07) is -0.214. The minimum absolute atomic E-state index is 0.0192. The predicted octanol–water partition coefficient (Wildman–Crippen LogP) is 0.481. The summed E-state index contributed by atoms with van der Waals surface area (Å²) >= 11 is 0. The lowest BCUT2D eigenvalue weighted by molar-refractivity contribution is -0.122. The molecular formula is C11H18N4O. The molecule has 1 rings (SSSR count). The summed E-state index contributed by atoms with van der Waals surface area (Å²) < 4.78 is 0. The topological polar surface area (TPSA) is 66.9 Å². The van der Waals surface area contributed by atoms with Gasteiger partial charge in [-0.15, -0.1) is 0 Å². The van der Waals surface area contributed by atoms with E-state index < -0.39 is 0 Å². The fourth-order valence-corrected chi connectivity index (χ4v) is 1.17. The number of nitrogens with one attached hydrogen (secondary N) is 2. The van der Waals surface area contributed by atoms with Gasteiger partial charge in [0.25, 0.3) is 0 Å². The first kappa shape index (κ1) is 12.6. The maximum absolute atomic E-state index is 11.5. The van der Waals surface area contributed by atoms with Crippen molar-refractivity contribution in [1.29, 1.82) is 0 Å². The highest BCUT2D eigenvalue weighted by Crippen LogP contribution is 1.91. The monoisotopic (exact) mass is 222 g/mol. The van der Waals surface area contributed by atoms with Crippen LogP contribution in [0.3, 0.4) is 0 Å². The quantitative estimate of drug-likeness (QED) is 0.734. The molecular weight excluding hydrogens is 204 g/mol. The van der Waals surface area contributed by atoms with Crippen molar-refractivity contribution < 1.29 is 4.79 Å². The van der Waals surface area contributed by atoms with E-state index in [1.54, 1.807) is 18.6 Å². The number of nitrogens with zero attached hydrogens (tertiary/aromatic N) is 2. The van der Waals surface area contributed by atoms with Gasteiger partial charge in [0.05, 0.1) is 11.7 Å². The summed E-state index contributed by atoms with van der Waals surface area (Å²) in [5.74, 6) is 0.0192. The number of carbonyl (C=O) groups is 1. The Balaban J connectivity index is 2.29. The van der Waals surface area contributed by atoms with Gasteiger partial charge in [-0.3, -0.25) is 14.8 Å². The Kier molecular flexibility index (Phi) is 5.42. The molecule has 0 bridgehead atoms. The maximum atomic E-state index is 11.5. The summed E-state index contributed by atoms with van der Waals surface area (Å²) in [6.45, 7) is 5.13. The van der Waals surface area contributed by atoms with E-state index in [4.69, 9.17) is 0 Å². The van der Waals surface area contributed by atoms with Crippen LogP contribution in [-0.2, 0) is 11.3 Å². The van der Waals surface area contributed by atoms with Crippen LogP contribution in [-0.4, -0.2) is 28.5 Å². The molecule has 1 unspecified atom stereocenters. The molecule has 5 heteroatoms. The predicted molar refractivity (Wildman–Crippen MR) is 61.6 cm³/mol. The first-order chi connectivity index (χ1) is 7.74. The van der Waals surface area contributed by atoms with E-state index in [-0.39, 0.29) is 11.9 Å². The van der Waals surface area contributed by atoms with Gasteiger partial charge in [0.2, 0.25) is 5.91 Å². The Morgan fingerprint density at radius 1 is 1.50 bits per heavy atom. The molecule has 1 amide bonds. The van der Waals surface area contributed by atoms with Crippen LogP contribution in [0, 0.1) is 0 Å². The molecule has 0 aromatic carbocycles. The highest BCUT2D eigenvalue weighted by atomic mass is 16.2. The van der Waals surface area contributed by atoms with Crippen LogP contribution in [0.15, 0.2) is 18.6 Å². The molecule has 1 atom stereocenters. The van der Waals surface area contributed by atoms with Crippen LogP contribution < -0.4 is 10.6 Å². The summed E-state index contributed by atoms with van der Waals surface area (Å²) in [5, 5.41) is 5.92. The zero-order valence-corrected chi connectivity index (χ0v) is 9.73. The number of hydrogen-bond acceptors (Lipinski definition) is 4. The molecule has 0 saturated heterocycles. The Labute approximate surface area is 95.7 Å². The second-order valence-corrected chi connectivity index (χ2v) is 3.59. The molecule has 1 heterocycles. The average molecular weight is 222 g/mol. The van der Waals surface area contributed by atoms with Crippen molar-refractivity contribution in [3.63, 3.8) is 0 Å². The largest absolute Gasteiger partial charge is 0.355 e. The Morgan fingerprint density at radius 3 is 2.94 bits per heavy atom. The summed E-state index contributed by atoms with van der Waals surface area (Å²) in [6.07, 6.45) is 5.89. The van der Waals surface area contributed by atoms with Crippen molar-refractivity contribution in [3.8, 4) is 0 Å². The maximum Gasteiger partial charge on any atom is 0.236 e. The van der Waals surface area contributed by atoms with Crippen LogP contribution in [0.1, 0.15) is 26.0 Å². The SMILES string of the molecule is CCCNC(=O)C(C)NCc1cnccn1. The van der Waals surface area contributed by atoms with Gasteiger partial charge < -0.3 is 10.6 Å². The Hall–Kier alpha value is -1.49. The number of rotatable bonds is 6. The van der Waals surface area contributed by atoms with Gasteiger partial charge in [0.15, 0.2) is 0 Å². The third kappa shape index (κ3) is 4.35. The van der Waals surface area contributed by atoms with Crippen LogP contribution in [0.4, 0.5) is 0 Å². The molecule has 0 saturated carbocycles. The first-order valence-corrected chi connectivity index (χ1v) is 5.50. The standard InChI is InChI=1S/C11H18N4O/c1-3-4-14-11(16)9(2)15-8-10-7-12-5-6-13-10/h5-7,9,15H,3-4,8H2,1-2H3,(H,14,16). The highest BCUT2D eigenvalue weighted by molar-refractivity contribution is 5.81. The lowest BCUT2D eigenvalue weighted by Gasteiger charge is -2.13. The van der Waals surface area contributed by atoms with Crippen LogP contribution in [0.5, 0.6) is 0 Å². The Morgan fingerprint density at radius 2 is 2.31 bits per heavy atom. The molecule has 0 aliphatic rings. The van der Waals surface area contributed by atoms with E-state index in [1.807, 2.05) is 13.8 Å². The van der Waals surface area contributed by atoms with Gasteiger partial charge in [-0.05, 0) is 13.3 Å². The van der Waals surface area contributed by atoms with Crippen LogP contribution >= 0.6 is 0 Å². The van der Waals surface area contributed by atoms with E-state index in [9.17, 15) is 4.79 Å². The minimum atomic E-state index is -0.214. The van der Waals surface area contributed by atoms with Gasteiger partial charge >= 0.3 is 0 Å². The third-order valence-electron chi connectivity index (χ3n) is 2.15. The average Bonchev–Trinajstić information content (AvgIpc) is 2.34. The van der Waals surface area contributed by atoms with E-state index >= 15 is 0 Å². The zero-order chi connectivity index (χ0) is 11.8. The van der Waals surface area contributed by atoms with E-state index in [1.165, 1.54) is 0 Å². The number of aromatic nitrogens is 2.